The third kappa shape index (κ3) is 2.98. The minimum absolute atomic E-state index is 0.120. The van der Waals surface area contributed by atoms with E-state index < -0.39 is 7.12 Å². The Hall–Kier alpha value is -1.53. The summed E-state index contributed by atoms with van der Waals surface area (Å²) in [7, 11) is 1.14. The van der Waals surface area contributed by atoms with E-state index in [2.05, 4.69) is 4.74 Å². The van der Waals surface area contributed by atoms with Crippen molar-refractivity contribution in [2.24, 2.45) is 0 Å². The Labute approximate surface area is 93.8 Å². The number of rotatable bonds is 4. The molecule has 0 aliphatic heterocycles. The van der Waals surface area contributed by atoms with Crippen molar-refractivity contribution in [2.45, 2.75) is 6.42 Å². The first-order valence-electron chi connectivity index (χ1n) is 4.68. The van der Waals surface area contributed by atoms with Crippen LogP contribution in [0.4, 0.5) is 0 Å². The Bertz CT molecular complexity index is 377. The van der Waals surface area contributed by atoms with Gasteiger partial charge in [0.2, 0.25) is 0 Å². The third-order valence-corrected chi connectivity index (χ3v) is 2.15. The lowest BCUT2D eigenvalue weighted by molar-refractivity contribution is -0.139. The first-order chi connectivity index (χ1) is 7.58. The average Bonchev–Trinajstić information content (AvgIpc) is 2.28. The molecule has 1 aromatic rings. The molecule has 0 aliphatic rings. The summed E-state index contributed by atoms with van der Waals surface area (Å²) in [6, 6.07) is 4.70. The maximum Gasteiger partial charge on any atom is 0.492 e. The topological polar surface area (TPSA) is 76.0 Å². The van der Waals surface area contributed by atoms with Crippen molar-refractivity contribution in [1.82, 2.24) is 0 Å². The number of carbonyl (C=O) groups is 1. The SMILES string of the molecule is COC(=O)Cc1ccc(B(O)O)c(OC)c1. The normalized spacial score (nSPS) is 9.75. The first-order valence-corrected chi connectivity index (χ1v) is 4.68. The lowest BCUT2D eigenvalue weighted by Gasteiger charge is -2.09. The molecule has 6 heteroatoms. The van der Waals surface area contributed by atoms with Crippen molar-refractivity contribution in [3.05, 3.63) is 23.8 Å². The molecule has 1 aromatic carbocycles. The Morgan fingerprint density at radius 1 is 1.38 bits per heavy atom. The molecule has 2 N–H and O–H groups in total. The van der Waals surface area contributed by atoms with E-state index in [-0.39, 0.29) is 17.9 Å². The highest BCUT2D eigenvalue weighted by Crippen LogP contribution is 2.12. The molecule has 0 spiro atoms. The van der Waals surface area contributed by atoms with Gasteiger partial charge < -0.3 is 19.5 Å². The van der Waals surface area contributed by atoms with Gasteiger partial charge >= 0.3 is 13.1 Å². The monoisotopic (exact) mass is 224 g/mol. The summed E-state index contributed by atoms with van der Waals surface area (Å²) in [5.41, 5.74) is 0.948. The van der Waals surface area contributed by atoms with Gasteiger partial charge in [-0.25, -0.2) is 0 Å². The molecule has 0 atom stereocenters. The van der Waals surface area contributed by atoms with Gasteiger partial charge in [-0.05, 0) is 11.6 Å². The van der Waals surface area contributed by atoms with Crippen molar-refractivity contribution >= 4 is 18.6 Å². The standard InChI is InChI=1S/C10H13BO5/c1-15-9-5-7(6-10(12)16-2)3-4-8(9)11(13)14/h3-5,13-14H,6H2,1-2H3. The van der Waals surface area contributed by atoms with Crippen LogP contribution in [0.15, 0.2) is 18.2 Å². The van der Waals surface area contributed by atoms with Crippen molar-refractivity contribution in [3.8, 4) is 5.75 Å². The highest BCUT2D eigenvalue weighted by molar-refractivity contribution is 6.59. The molecule has 86 valence electrons. The molecular formula is C10H13BO5. The van der Waals surface area contributed by atoms with Crippen molar-refractivity contribution in [2.75, 3.05) is 14.2 Å². The molecule has 0 aromatic heterocycles. The zero-order valence-electron chi connectivity index (χ0n) is 9.14. The van der Waals surface area contributed by atoms with Gasteiger partial charge in [0.05, 0.1) is 20.6 Å². The van der Waals surface area contributed by atoms with E-state index in [0.29, 0.717) is 11.3 Å². The molecule has 0 bridgehead atoms. The van der Waals surface area contributed by atoms with E-state index in [1.54, 1.807) is 12.1 Å². The van der Waals surface area contributed by atoms with E-state index in [1.807, 2.05) is 0 Å². The molecule has 0 aliphatic carbocycles. The summed E-state index contributed by atoms with van der Waals surface area (Å²) in [4.78, 5) is 11.0. The lowest BCUT2D eigenvalue weighted by atomic mass is 9.79. The van der Waals surface area contributed by atoms with Gasteiger partial charge in [0.25, 0.3) is 0 Å². The van der Waals surface area contributed by atoms with Crippen molar-refractivity contribution in [3.63, 3.8) is 0 Å². The zero-order chi connectivity index (χ0) is 12.1. The predicted octanol–water partition coefficient (Wildman–Crippen LogP) is -0.910. The lowest BCUT2D eigenvalue weighted by Crippen LogP contribution is -2.31. The van der Waals surface area contributed by atoms with E-state index >= 15 is 0 Å². The average molecular weight is 224 g/mol. The van der Waals surface area contributed by atoms with Gasteiger partial charge in [0, 0.05) is 5.46 Å². The second-order valence-electron chi connectivity index (χ2n) is 3.20. The Balaban J connectivity index is 2.95. The molecule has 0 heterocycles. The molecule has 0 unspecified atom stereocenters. The van der Waals surface area contributed by atoms with Crippen LogP contribution >= 0.6 is 0 Å². The van der Waals surface area contributed by atoms with Gasteiger partial charge in [-0.15, -0.1) is 0 Å². The number of hydrogen-bond acceptors (Lipinski definition) is 5. The van der Waals surface area contributed by atoms with Crippen LogP contribution in [-0.2, 0) is 16.0 Å². The molecule has 0 amide bonds. The number of benzene rings is 1. The fourth-order valence-electron chi connectivity index (χ4n) is 1.32. The fraction of sp³-hybridized carbons (Fsp3) is 0.300. The molecule has 16 heavy (non-hydrogen) atoms. The summed E-state index contributed by atoms with van der Waals surface area (Å²) < 4.78 is 9.52. The van der Waals surface area contributed by atoms with Crippen LogP contribution < -0.4 is 10.2 Å². The van der Waals surface area contributed by atoms with Crippen LogP contribution in [0, 0.1) is 0 Å². The van der Waals surface area contributed by atoms with Crippen LogP contribution in [0.3, 0.4) is 0 Å². The van der Waals surface area contributed by atoms with Crippen LogP contribution in [0.5, 0.6) is 5.75 Å². The van der Waals surface area contributed by atoms with E-state index in [4.69, 9.17) is 14.8 Å². The number of hydrogen-bond donors (Lipinski definition) is 2. The summed E-state index contributed by atoms with van der Waals surface area (Å²) in [6.07, 6.45) is 0.120. The smallest absolute Gasteiger partial charge is 0.492 e. The summed E-state index contributed by atoms with van der Waals surface area (Å²) in [5.74, 6) is -0.0317. The van der Waals surface area contributed by atoms with Gasteiger partial charge in [-0.3, -0.25) is 4.79 Å². The molecule has 0 radical (unpaired) electrons. The van der Waals surface area contributed by atoms with E-state index in [0.717, 1.165) is 0 Å². The number of methoxy groups -OCH3 is 2. The largest absolute Gasteiger partial charge is 0.497 e. The molecular weight excluding hydrogens is 211 g/mol. The Morgan fingerprint density at radius 3 is 2.56 bits per heavy atom. The maximum atomic E-state index is 11.0. The van der Waals surface area contributed by atoms with E-state index in [1.165, 1.54) is 20.3 Å². The minimum Gasteiger partial charge on any atom is -0.497 e. The van der Waals surface area contributed by atoms with Crippen molar-refractivity contribution in [1.29, 1.82) is 0 Å². The molecule has 0 fully saturated rings. The minimum atomic E-state index is -1.60. The second-order valence-corrected chi connectivity index (χ2v) is 3.20. The number of esters is 1. The Morgan fingerprint density at radius 2 is 2.06 bits per heavy atom. The first kappa shape index (κ1) is 12.5. The second kappa shape index (κ2) is 5.53. The maximum absolute atomic E-state index is 11.0. The number of carbonyl (C=O) groups excluding carboxylic acids is 1. The quantitative estimate of drug-likeness (QED) is 0.511. The summed E-state index contributed by atoms with van der Waals surface area (Å²) in [5, 5.41) is 18.1. The van der Waals surface area contributed by atoms with E-state index in [9.17, 15) is 4.79 Å². The molecule has 1 rings (SSSR count). The highest BCUT2D eigenvalue weighted by atomic mass is 16.5. The van der Waals surface area contributed by atoms with Gasteiger partial charge in [-0.1, -0.05) is 12.1 Å². The molecule has 5 nitrogen and oxygen atoms in total. The predicted molar refractivity (Wildman–Crippen MR) is 58.5 cm³/mol. The fourth-order valence-corrected chi connectivity index (χ4v) is 1.32. The third-order valence-electron chi connectivity index (χ3n) is 2.15. The van der Waals surface area contributed by atoms with Gasteiger partial charge in [0.15, 0.2) is 0 Å². The van der Waals surface area contributed by atoms with Crippen LogP contribution in [0.2, 0.25) is 0 Å². The van der Waals surface area contributed by atoms with Crippen LogP contribution in [-0.4, -0.2) is 37.4 Å². The summed E-state index contributed by atoms with van der Waals surface area (Å²) in [6.45, 7) is 0. The highest BCUT2D eigenvalue weighted by Gasteiger charge is 2.17. The van der Waals surface area contributed by atoms with Gasteiger partial charge in [-0.2, -0.15) is 0 Å². The summed E-state index contributed by atoms with van der Waals surface area (Å²) >= 11 is 0. The number of ether oxygens (including phenoxy) is 2. The van der Waals surface area contributed by atoms with Crippen LogP contribution in [0.25, 0.3) is 0 Å². The van der Waals surface area contributed by atoms with Crippen LogP contribution in [0.1, 0.15) is 5.56 Å². The molecule has 0 saturated heterocycles. The molecule has 0 saturated carbocycles. The van der Waals surface area contributed by atoms with Crippen molar-refractivity contribution < 1.29 is 24.3 Å². The van der Waals surface area contributed by atoms with Gasteiger partial charge in [0.1, 0.15) is 5.75 Å². The Kier molecular flexibility index (Phi) is 4.33. The zero-order valence-corrected chi connectivity index (χ0v) is 9.14.